The van der Waals surface area contributed by atoms with Crippen LogP contribution >= 0.6 is 35.5 Å². The van der Waals surface area contributed by atoms with Gasteiger partial charge in [0, 0.05) is 37.1 Å². The molecule has 1 saturated heterocycles. The number of carbonyl (C=O) groups excluding carboxylic acids is 1. The summed E-state index contributed by atoms with van der Waals surface area (Å²) in [6.45, 7) is 1.81. The number of halogens is 1. The summed E-state index contributed by atoms with van der Waals surface area (Å²) in [7, 11) is 0. The van der Waals surface area contributed by atoms with E-state index in [0.29, 0.717) is 19.5 Å². The zero-order valence-electron chi connectivity index (χ0n) is 14.5. The Morgan fingerprint density at radius 2 is 2.12 bits per heavy atom. The van der Waals surface area contributed by atoms with E-state index in [-0.39, 0.29) is 24.4 Å². The van der Waals surface area contributed by atoms with Crippen molar-refractivity contribution >= 4 is 41.4 Å². The van der Waals surface area contributed by atoms with Crippen LogP contribution in [-0.4, -0.2) is 46.6 Å². The van der Waals surface area contributed by atoms with Gasteiger partial charge in [0.25, 0.3) is 0 Å². The van der Waals surface area contributed by atoms with Crippen LogP contribution < -0.4 is 5.32 Å². The molecule has 1 aromatic heterocycles. The second kappa shape index (κ2) is 10.9. The van der Waals surface area contributed by atoms with E-state index in [1.54, 1.807) is 16.2 Å². The van der Waals surface area contributed by atoms with Crippen molar-refractivity contribution in [3.8, 4) is 0 Å². The molecule has 142 valence electrons. The summed E-state index contributed by atoms with van der Waals surface area (Å²) >= 11 is 3.45. The van der Waals surface area contributed by atoms with Gasteiger partial charge in [-0.25, -0.2) is 0 Å². The molecule has 2 unspecified atom stereocenters. The van der Waals surface area contributed by atoms with Crippen LogP contribution in [0.25, 0.3) is 0 Å². The average Bonchev–Trinajstić information content (AvgIpc) is 3.18. The fourth-order valence-corrected chi connectivity index (χ4v) is 4.58. The lowest BCUT2D eigenvalue weighted by Gasteiger charge is -2.29. The standard InChI is InChI=1S/C19H24N2O2S2.ClH/c22-18(16-6-8-24-13-16)12-21(11-15-4-2-1-3-5-15)19(23)10-17-14-25-9-7-20-17;/h1-6,8,13,17-18,20,22H,7,9-12,14H2;1H. The quantitative estimate of drug-likeness (QED) is 0.732. The van der Waals surface area contributed by atoms with Gasteiger partial charge in [-0.1, -0.05) is 30.3 Å². The van der Waals surface area contributed by atoms with E-state index in [4.69, 9.17) is 0 Å². The number of benzene rings is 1. The molecule has 2 atom stereocenters. The van der Waals surface area contributed by atoms with Gasteiger partial charge < -0.3 is 15.3 Å². The van der Waals surface area contributed by atoms with Crippen molar-refractivity contribution in [2.45, 2.75) is 25.1 Å². The Morgan fingerprint density at radius 3 is 2.77 bits per heavy atom. The first-order chi connectivity index (χ1) is 12.2. The molecule has 1 aromatic carbocycles. The van der Waals surface area contributed by atoms with Gasteiger partial charge in [0.05, 0.1) is 12.6 Å². The number of hydrogen-bond acceptors (Lipinski definition) is 5. The topological polar surface area (TPSA) is 52.6 Å². The van der Waals surface area contributed by atoms with Crippen LogP contribution in [0.15, 0.2) is 47.2 Å². The largest absolute Gasteiger partial charge is 0.387 e. The van der Waals surface area contributed by atoms with Crippen LogP contribution in [0.5, 0.6) is 0 Å². The predicted octanol–water partition coefficient (Wildman–Crippen LogP) is 3.33. The zero-order chi connectivity index (χ0) is 17.5. The smallest absolute Gasteiger partial charge is 0.224 e. The van der Waals surface area contributed by atoms with Crippen molar-refractivity contribution in [1.82, 2.24) is 10.2 Å². The van der Waals surface area contributed by atoms with E-state index in [1.807, 2.05) is 58.9 Å². The highest BCUT2D eigenvalue weighted by Gasteiger charge is 2.23. The van der Waals surface area contributed by atoms with Crippen LogP contribution in [0, 0.1) is 0 Å². The molecule has 0 spiro atoms. The first-order valence-electron chi connectivity index (χ1n) is 8.55. The second-order valence-corrected chi connectivity index (χ2v) is 8.19. The number of aliphatic hydroxyl groups excluding tert-OH is 1. The maximum absolute atomic E-state index is 12.9. The van der Waals surface area contributed by atoms with Crippen molar-refractivity contribution < 1.29 is 9.90 Å². The van der Waals surface area contributed by atoms with Crippen LogP contribution in [0.4, 0.5) is 0 Å². The molecule has 2 aromatic rings. The maximum Gasteiger partial charge on any atom is 0.224 e. The Morgan fingerprint density at radius 1 is 1.31 bits per heavy atom. The Kier molecular flexibility index (Phi) is 8.95. The molecule has 1 aliphatic heterocycles. The third kappa shape index (κ3) is 6.28. The van der Waals surface area contributed by atoms with E-state index >= 15 is 0 Å². The Balaban J connectivity index is 0.00000243. The maximum atomic E-state index is 12.9. The van der Waals surface area contributed by atoms with Gasteiger partial charge in [-0.3, -0.25) is 4.79 Å². The van der Waals surface area contributed by atoms with Crippen molar-refractivity contribution in [2.75, 3.05) is 24.6 Å². The molecule has 26 heavy (non-hydrogen) atoms. The molecule has 2 heterocycles. The summed E-state index contributed by atoms with van der Waals surface area (Å²) in [5.41, 5.74) is 1.96. The first kappa shape index (κ1) is 21.3. The zero-order valence-corrected chi connectivity index (χ0v) is 17.0. The number of nitrogens with zero attached hydrogens (tertiary/aromatic N) is 1. The highest BCUT2D eigenvalue weighted by Crippen LogP contribution is 2.20. The normalized spacial score (nSPS) is 18.0. The molecule has 1 aliphatic rings. The lowest BCUT2D eigenvalue weighted by Crippen LogP contribution is -2.43. The second-order valence-electron chi connectivity index (χ2n) is 6.26. The molecular formula is C19H25ClN2O2S2. The molecule has 0 saturated carbocycles. The number of thiophene rings is 1. The molecule has 3 rings (SSSR count). The lowest BCUT2D eigenvalue weighted by molar-refractivity contribution is -0.133. The molecule has 1 fully saturated rings. The van der Waals surface area contributed by atoms with Crippen LogP contribution in [0.3, 0.4) is 0 Å². The summed E-state index contributed by atoms with van der Waals surface area (Å²) in [6, 6.07) is 12.1. The number of hydrogen-bond donors (Lipinski definition) is 2. The van der Waals surface area contributed by atoms with E-state index in [0.717, 1.165) is 29.2 Å². The van der Waals surface area contributed by atoms with E-state index in [9.17, 15) is 9.90 Å². The molecular weight excluding hydrogens is 388 g/mol. The SMILES string of the molecule is Cl.O=C(CC1CSCCN1)N(Cc1ccccc1)CC(O)c1ccsc1. The third-order valence-electron chi connectivity index (χ3n) is 4.31. The first-order valence-corrected chi connectivity index (χ1v) is 10.6. The molecule has 2 N–H and O–H groups in total. The van der Waals surface area contributed by atoms with Crippen LogP contribution in [-0.2, 0) is 11.3 Å². The van der Waals surface area contributed by atoms with Crippen LogP contribution in [0.1, 0.15) is 23.7 Å². The number of carbonyl (C=O) groups is 1. The summed E-state index contributed by atoms with van der Waals surface area (Å²) < 4.78 is 0. The van der Waals surface area contributed by atoms with Crippen LogP contribution in [0.2, 0.25) is 0 Å². The van der Waals surface area contributed by atoms with Crippen molar-refractivity contribution in [2.24, 2.45) is 0 Å². The van der Waals surface area contributed by atoms with Gasteiger partial charge in [-0.15, -0.1) is 12.4 Å². The molecule has 0 radical (unpaired) electrons. The van der Waals surface area contributed by atoms with Crippen molar-refractivity contribution in [3.63, 3.8) is 0 Å². The van der Waals surface area contributed by atoms with E-state index in [1.165, 1.54) is 0 Å². The fraction of sp³-hybridized carbons (Fsp3) is 0.421. The third-order valence-corrected chi connectivity index (χ3v) is 6.14. The highest BCUT2D eigenvalue weighted by molar-refractivity contribution is 7.99. The number of thioether (sulfide) groups is 1. The van der Waals surface area contributed by atoms with E-state index < -0.39 is 6.10 Å². The Labute approximate surface area is 169 Å². The van der Waals surface area contributed by atoms with Crippen molar-refractivity contribution in [1.29, 1.82) is 0 Å². The monoisotopic (exact) mass is 412 g/mol. The summed E-state index contributed by atoms with van der Waals surface area (Å²) in [4.78, 5) is 14.7. The minimum absolute atomic E-state index is 0. The van der Waals surface area contributed by atoms with Gasteiger partial charge in [-0.05, 0) is 28.0 Å². The fourth-order valence-electron chi connectivity index (χ4n) is 2.93. The lowest BCUT2D eigenvalue weighted by atomic mass is 10.1. The Bertz CT molecular complexity index is 649. The summed E-state index contributed by atoms with van der Waals surface area (Å²) in [5, 5.41) is 17.8. The minimum Gasteiger partial charge on any atom is -0.387 e. The molecule has 1 amide bonds. The van der Waals surface area contributed by atoms with Gasteiger partial charge >= 0.3 is 0 Å². The van der Waals surface area contributed by atoms with E-state index in [2.05, 4.69) is 5.32 Å². The van der Waals surface area contributed by atoms with Crippen molar-refractivity contribution in [3.05, 3.63) is 58.3 Å². The van der Waals surface area contributed by atoms with Gasteiger partial charge in [0.15, 0.2) is 0 Å². The molecule has 0 aliphatic carbocycles. The highest BCUT2D eigenvalue weighted by atomic mass is 35.5. The predicted molar refractivity (Wildman–Crippen MR) is 112 cm³/mol. The van der Waals surface area contributed by atoms with Gasteiger partial charge in [0.1, 0.15) is 0 Å². The summed E-state index contributed by atoms with van der Waals surface area (Å²) in [5.74, 6) is 2.17. The number of amides is 1. The summed E-state index contributed by atoms with van der Waals surface area (Å²) in [6.07, 6.45) is -0.163. The molecule has 0 bridgehead atoms. The molecule has 7 heteroatoms. The van der Waals surface area contributed by atoms with Gasteiger partial charge in [0.2, 0.25) is 5.91 Å². The minimum atomic E-state index is -0.646. The number of rotatable bonds is 7. The average molecular weight is 413 g/mol. The Hall–Kier alpha value is -1.05. The number of aliphatic hydroxyl groups is 1. The molecule has 4 nitrogen and oxygen atoms in total. The number of nitrogens with one attached hydrogen (secondary N) is 1. The van der Waals surface area contributed by atoms with Gasteiger partial charge in [-0.2, -0.15) is 23.1 Å².